The molecule has 2 aromatic carbocycles. The summed E-state index contributed by atoms with van der Waals surface area (Å²) in [5, 5.41) is 0.312. The van der Waals surface area contributed by atoms with Crippen LogP contribution in [0.4, 0.5) is 13.2 Å². The molecular formula is C15H8BrClF3NO2. The van der Waals surface area contributed by atoms with Crippen molar-refractivity contribution in [3.05, 3.63) is 45.4 Å². The van der Waals surface area contributed by atoms with Gasteiger partial charge in [0, 0.05) is 10.0 Å². The van der Waals surface area contributed by atoms with Crippen molar-refractivity contribution in [2.45, 2.75) is 6.18 Å². The zero-order valence-electron chi connectivity index (χ0n) is 11.5. The zero-order valence-corrected chi connectivity index (χ0v) is 13.9. The Morgan fingerprint density at radius 1 is 1.22 bits per heavy atom. The average Bonchev–Trinajstić information content (AvgIpc) is 2.96. The Morgan fingerprint density at radius 2 is 1.87 bits per heavy atom. The highest BCUT2D eigenvalue weighted by molar-refractivity contribution is 9.10. The van der Waals surface area contributed by atoms with Gasteiger partial charge in [0.15, 0.2) is 11.1 Å². The Labute approximate surface area is 142 Å². The fraction of sp³-hybridized carbons (Fsp3) is 0.133. The number of fused-ring (bicyclic) bond motifs is 1. The number of methoxy groups -OCH3 is 1. The molecule has 3 nitrogen and oxygen atoms in total. The Hall–Kier alpha value is -1.73. The Kier molecular flexibility index (Phi) is 4.01. The van der Waals surface area contributed by atoms with Crippen LogP contribution in [0.1, 0.15) is 5.56 Å². The van der Waals surface area contributed by atoms with Crippen molar-refractivity contribution in [1.29, 1.82) is 0 Å². The number of hydrogen-bond donors (Lipinski definition) is 0. The molecule has 0 aliphatic heterocycles. The molecule has 3 rings (SSSR count). The number of oxazole rings is 1. The maximum absolute atomic E-state index is 12.6. The van der Waals surface area contributed by atoms with Gasteiger partial charge in [0.25, 0.3) is 0 Å². The molecule has 0 fully saturated rings. The van der Waals surface area contributed by atoms with E-state index in [0.717, 1.165) is 12.1 Å². The molecule has 0 bridgehead atoms. The largest absolute Gasteiger partial charge is 0.494 e. The van der Waals surface area contributed by atoms with E-state index < -0.39 is 11.7 Å². The summed E-state index contributed by atoms with van der Waals surface area (Å²) in [6.45, 7) is 0. The van der Waals surface area contributed by atoms with Crippen LogP contribution in [0.15, 0.2) is 39.2 Å². The third-order valence-electron chi connectivity index (χ3n) is 3.21. The van der Waals surface area contributed by atoms with Crippen molar-refractivity contribution in [1.82, 2.24) is 4.98 Å². The summed E-state index contributed by atoms with van der Waals surface area (Å²) in [6.07, 6.45) is -4.39. The fourth-order valence-electron chi connectivity index (χ4n) is 2.07. The van der Waals surface area contributed by atoms with Crippen LogP contribution in [0, 0.1) is 0 Å². The predicted octanol–water partition coefficient (Wildman–Crippen LogP) is 5.94. The third-order valence-corrected chi connectivity index (χ3v) is 4.44. The van der Waals surface area contributed by atoms with Gasteiger partial charge in [-0.1, -0.05) is 11.6 Å². The van der Waals surface area contributed by atoms with Crippen LogP contribution in [0.25, 0.3) is 22.6 Å². The van der Waals surface area contributed by atoms with Gasteiger partial charge >= 0.3 is 6.18 Å². The molecule has 120 valence electrons. The first-order valence-corrected chi connectivity index (χ1v) is 7.48. The average molecular weight is 407 g/mol. The minimum absolute atomic E-state index is 0.159. The Morgan fingerprint density at radius 3 is 2.43 bits per heavy atom. The lowest BCUT2D eigenvalue weighted by atomic mass is 10.1. The number of ether oxygens (including phenoxy) is 1. The first-order chi connectivity index (χ1) is 10.8. The number of rotatable bonds is 2. The summed E-state index contributed by atoms with van der Waals surface area (Å²) in [5.74, 6) is 0.602. The highest BCUT2D eigenvalue weighted by Gasteiger charge is 2.30. The summed E-state index contributed by atoms with van der Waals surface area (Å²) in [4.78, 5) is 4.27. The molecule has 0 atom stereocenters. The quantitative estimate of drug-likeness (QED) is 0.528. The number of benzene rings is 2. The molecule has 23 heavy (non-hydrogen) atoms. The van der Waals surface area contributed by atoms with Crippen molar-refractivity contribution in [2.24, 2.45) is 0 Å². The SMILES string of the molecule is COc1cc(Br)c(Cl)c2oc(-c3ccc(C(F)(F)F)cc3)nc12. The second kappa shape index (κ2) is 5.72. The first kappa shape index (κ1) is 16.1. The molecule has 1 heterocycles. The molecular weight excluding hydrogens is 399 g/mol. The molecule has 1 aromatic heterocycles. The van der Waals surface area contributed by atoms with Gasteiger partial charge in [-0.3, -0.25) is 0 Å². The van der Waals surface area contributed by atoms with Crippen molar-refractivity contribution in [3.8, 4) is 17.2 Å². The third kappa shape index (κ3) is 2.90. The number of nitrogens with zero attached hydrogens (tertiary/aromatic N) is 1. The minimum atomic E-state index is -4.39. The van der Waals surface area contributed by atoms with Crippen molar-refractivity contribution < 1.29 is 22.3 Å². The molecule has 0 aliphatic rings. The first-order valence-electron chi connectivity index (χ1n) is 6.31. The normalized spacial score (nSPS) is 11.9. The van der Waals surface area contributed by atoms with E-state index >= 15 is 0 Å². The summed E-state index contributed by atoms with van der Waals surface area (Å²) >= 11 is 9.44. The summed E-state index contributed by atoms with van der Waals surface area (Å²) in [5.41, 5.74) is 0.363. The van der Waals surface area contributed by atoms with E-state index in [0.29, 0.717) is 31.9 Å². The van der Waals surface area contributed by atoms with Gasteiger partial charge in [0.2, 0.25) is 5.89 Å². The second-order valence-electron chi connectivity index (χ2n) is 4.65. The highest BCUT2D eigenvalue weighted by atomic mass is 79.9. The van der Waals surface area contributed by atoms with Gasteiger partial charge in [0.1, 0.15) is 10.8 Å². The monoisotopic (exact) mass is 405 g/mol. The molecule has 3 aromatic rings. The standard InChI is InChI=1S/C15H8BrClF3NO2/c1-22-10-6-9(16)11(17)13-12(10)21-14(23-13)7-2-4-8(5-3-7)15(18,19)20/h2-6H,1H3. The maximum Gasteiger partial charge on any atom is 0.416 e. The van der Waals surface area contributed by atoms with Crippen LogP contribution >= 0.6 is 27.5 Å². The smallest absolute Gasteiger partial charge is 0.416 e. The lowest BCUT2D eigenvalue weighted by Crippen LogP contribution is -2.03. The van der Waals surface area contributed by atoms with Crippen molar-refractivity contribution >= 4 is 38.6 Å². The van der Waals surface area contributed by atoms with Crippen LogP contribution in [-0.4, -0.2) is 12.1 Å². The molecule has 0 saturated heterocycles. The van der Waals surface area contributed by atoms with Gasteiger partial charge < -0.3 is 9.15 Å². The van der Waals surface area contributed by atoms with Crippen molar-refractivity contribution in [3.63, 3.8) is 0 Å². The maximum atomic E-state index is 12.6. The molecule has 0 radical (unpaired) electrons. The van der Waals surface area contributed by atoms with Crippen LogP contribution in [0.5, 0.6) is 5.75 Å². The van der Waals surface area contributed by atoms with Gasteiger partial charge in [-0.25, -0.2) is 4.98 Å². The number of alkyl halides is 3. The number of halogens is 5. The summed E-state index contributed by atoms with van der Waals surface area (Å²) in [6, 6.07) is 6.17. The van der Waals surface area contributed by atoms with E-state index in [9.17, 15) is 13.2 Å². The van der Waals surface area contributed by atoms with E-state index in [4.69, 9.17) is 20.8 Å². The van der Waals surface area contributed by atoms with Crippen molar-refractivity contribution in [2.75, 3.05) is 7.11 Å². The lowest BCUT2D eigenvalue weighted by Gasteiger charge is -2.05. The van der Waals surface area contributed by atoms with E-state index in [-0.39, 0.29) is 5.89 Å². The second-order valence-corrected chi connectivity index (χ2v) is 5.88. The van der Waals surface area contributed by atoms with E-state index in [1.807, 2.05) is 0 Å². The highest BCUT2D eigenvalue weighted by Crippen LogP contribution is 2.40. The van der Waals surface area contributed by atoms with Crippen LogP contribution in [0.2, 0.25) is 5.02 Å². The van der Waals surface area contributed by atoms with E-state index in [1.165, 1.54) is 19.2 Å². The molecule has 0 N–H and O–H groups in total. The minimum Gasteiger partial charge on any atom is -0.494 e. The van der Waals surface area contributed by atoms with E-state index in [1.54, 1.807) is 6.07 Å². The van der Waals surface area contributed by atoms with Crippen LogP contribution in [-0.2, 0) is 6.18 Å². The molecule has 0 amide bonds. The van der Waals surface area contributed by atoms with Gasteiger partial charge in [-0.15, -0.1) is 0 Å². The molecule has 0 aliphatic carbocycles. The fourth-order valence-corrected chi connectivity index (χ4v) is 2.64. The molecule has 0 saturated carbocycles. The van der Waals surface area contributed by atoms with Crippen LogP contribution in [0.3, 0.4) is 0 Å². The summed E-state index contributed by atoms with van der Waals surface area (Å²) < 4.78 is 49.2. The molecule has 0 spiro atoms. The van der Waals surface area contributed by atoms with Gasteiger partial charge in [-0.2, -0.15) is 13.2 Å². The summed E-state index contributed by atoms with van der Waals surface area (Å²) in [7, 11) is 1.47. The van der Waals surface area contributed by atoms with Gasteiger partial charge in [0.05, 0.1) is 12.7 Å². The number of aromatic nitrogens is 1. The number of hydrogen-bond acceptors (Lipinski definition) is 3. The Balaban J connectivity index is 2.12. The predicted molar refractivity (Wildman–Crippen MR) is 83.7 cm³/mol. The van der Waals surface area contributed by atoms with E-state index in [2.05, 4.69) is 20.9 Å². The van der Waals surface area contributed by atoms with Crippen LogP contribution < -0.4 is 4.74 Å². The zero-order chi connectivity index (χ0) is 16.8. The lowest BCUT2D eigenvalue weighted by molar-refractivity contribution is -0.137. The Bertz CT molecular complexity index is 875. The molecule has 8 heteroatoms. The topological polar surface area (TPSA) is 35.3 Å². The molecule has 0 unspecified atom stereocenters. The van der Waals surface area contributed by atoms with Gasteiger partial charge in [-0.05, 0) is 46.3 Å².